The standard InChI is InChI=1S/C22H17N3OS/c1-14-6-4-9-16(12-14)21-23-22-25(24-21)20(26)13-19(27-22)18-11-5-8-15-7-2-3-10-17(15)18/h2-12,19H,13H2,1H3. The maximum atomic E-state index is 12.8. The van der Waals surface area contributed by atoms with E-state index < -0.39 is 0 Å². The van der Waals surface area contributed by atoms with E-state index in [9.17, 15) is 4.79 Å². The average molecular weight is 371 g/mol. The highest BCUT2D eigenvalue weighted by Gasteiger charge is 2.30. The number of aryl methyl sites for hydroxylation is 1. The van der Waals surface area contributed by atoms with E-state index in [0.717, 1.165) is 11.1 Å². The fraction of sp³-hybridized carbons (Fsp3) is 0.136. The van der Waals surface area contributed by atoms with Crippen LogP contribution in [0, 0.1) is 6.92 Å². The molecule has 27 heavy (non-hydrogen) atoms. The van der Waals surface area contributed by atoms with Gasteiger partial charge in [0.25, 0.3) is 5.91 Å². The van der Waals surface area contributed by atoms with Crippen molar-refractivity contribution < 1.29 is 4.79 Å². The van der Waals surface area contributed by atoms with Gasteiger partial charge in [-0.05, 0) is 29.3 Å². The Hall–Kier alpha value is -2.92. The Morgan fingerprint density at radius 2 is 1.85 bits per heavy atom. The fourth-order valence-electron chi connectivity index (χ4n) is 3.56. The van der Waals surface area contributed by atoms with E-state index in [4.69, 9.17) is 0 Å². The molecule has 1 aliphatic heterocycles. The van der Waals surface area contributed by atoms with Crippen LogP contribution in [0.4, 0.5) is 0 Å². The van der Waals surface area contributed by atoms with Crippen molar-refractivity contribution >= 4 is 28.4 Å². The third-order valence-corrected chi connectivity index (χ3v) is 6.05. The second-order valence-corrected chi connectivity index (χ2v) is 7.94. The summed E-state index contributed by atoms with van der Waals surface area (Å²) in [5, 5.41) is 7.57. The number of hydrogen-bond acceptors (Lipinski definition) is 4. The molecule has 0 N–H and O–H groups in total. The summed E-state index contributed by atoms with van der Waals surface area (Å²) in [5.74, 6) is 0.598. The van der Waals surface area contributed by atoms with Crippen molar-refractivity contribution in [2.75, 3.05) is 0 Å². The van der Waals surface area contributed by atoms with Gasteiger partial charge in [-0.15, -0.1) is 5.10 Å². The van der Waals surface area contributed by atoms with Crippen molar-refractivity contribution in [3.63, 3.8) is 0 Å². The summed E-state index contributed by atoms with van der Waals surface area (Å²) in [7, 11) is 0. The van der Waals surface area contributed by atoms with Gasteiger partial charge in [-0.25, -0.2) is 4.98 Å². The van der Waals surface area contributed by atoms with Gasteiger partial charge in [0.15, 0.2) is 11.0 Å². The molecule has 1 atom stereocenters. The molecule has 4 aromatic rings. The molecular weight excluding hydrogens is 354 g/mol. The van der Waals surface area contributed by atoms with Crippen LogP contribution in [-0.2, 0) is 0 Å². The summed E-state index contributed by atoms with van der Waals surface area (Å²) in [6, 6.07) is 22.6. The highest BCUT2D eigenvalue weighted by Crippen LogP contribution is 2.43. The van der Waals surface area contributed by atoms with Crippen LogP contribution in [0.5, 0.6) is 0 Å². The summed E-state index contributed by atoms with van der Waals surface area (Å²) in [4.78, 5) is 17.4. The highest BCUT2D eigenvalue weighted by molar-refractivity contribution is 7.99. The molecule has 0 saturated carbocycles. The molecule has 0 amide bonds. The number of fused-ring (bicyclic) bond motifs is 2. The third-order valence-electron chi connectivity index (χ3n) is 4.87. The lowest BCUT2D eigenvalue weighted by Gasteiger charge is -2.21. The number of hydrogen-bond donors (Lipinski definition) is 0. The smallest absolute Gasteiger partial charge is 0.250 e. The van der Waals surface area contributed by atoms with Crippen LogP contribution in [0.2, 0.25) is 0 Å². The van der Waals surface area contributed by atoms with E-state index in [-0.39, 0.29) is 11.2 Å². The van der Waals surface area contributed by atoms with Crippen LogP contribution >= 0.6 is 11.8 Å². The van der Waals surface area contributed by atoms with Crippen LogP contribution in [0.15, 0.2) is 71.9 Å². The first-order valence-corrected chi connectivity index (χ1v) is 9.78. The molecule has 1 unspecified atom stereocenters. The maximum absolute atomic E-state index is 12.8. The van der Waals surface area contributed by atoms with E-state index in [0.29, 0.717) is 17.4 Å². The number of rotatable bonds is 2. The predicted octanol–water partition coefficient (Wildman–Crippen LogP) is 5.28. The van der Waals surface area contributed by atoms with Crippen LogP contribution in [0.1, 0.15) is 27.6 Å². The van der Waals surface area contributed by atoms with Crippen LogP contribution in [-0.4, -0.2) is 20.7 Å². The zero-order valence-electron chi connectivity index (χ0n) is 14.8. The molecule has 0 aliphatic carbocycles. The second-order valence-electron chi connectivity index (χ2n) is 6.77. The summed E-state index contributed by atoms with van der Waals surface area (Å²) in [6.07, 6.45) is 0.419. The number of carbonyl (C=O) groups excluding carboxylic acids is 1. The van der Waals surface area contributed by atoms with Gasteiger partial charge in [-0.1, -0.05) is 78.0 Å². The second kappa shape index (κ2) is 6.35. The Kier molecular flexibility index (Phi) is 3.83. The van der Waals surface area contributed by atoms with E-state index in [1.54, 1.807) is 11.8 Å². The van der Waals surface area contributed by atoms with Crippen molar-refractivity contribution in [1.82, 2.24) is 14.8 Å². The van der Waals surface area contributed by atoms with Gasteiger partial charge >= 0.3 is 0 Å². The monoisotopic (exact) mass is 371 g/mol. The Bertz CT molecular complexity index is 1180. The highest BCUT2D eigenvalue weighted by atomic mass is 32.2. The number of benzene rings is 3. The normalized spacial score (nSPS) is 16.5. The van der Waals surface area contributed by atoms with Gasteiger partial charge in [-0.2, -0.15) is 4.68 Å². The molecule has 5 rings (SSSR count). The molecule has 1 aliphatic rings. The van der Waals surface area contributed by atoms with Gasteiger partial charge < -0.3 is 0 Å². The summed E-state index contributed by atoms with van der Waals surface area (Å²) in [6.45, 7) is 2.04. The topological polar surface area (TPSA) is 47.8 Å². The first-order chi connectivity index (χ1) is 13.2. The minimum absolute atomic E-state index is 0.00640. The Morgan fingerprint density at radius 3 is 2.74 bits per heavy atom. The molecule has 0 bridgehead atoms. The van der Waals surface area contributed by atoms with Gasteiger partial charge in [0.1, 0.15) is 0 Å². The summed E-state index contributed by atoms with van der Waals surface area (Å²) >= 11 is 1.62. The Morgan fingerprint density at radius 1 is 1.04 bits per heavy atom. The zero-order chi connectivity index (χ0) is 18.4. The molecule has 0 radical (unpaired) electrons. The fourth-order valence-corrected chi connectivity index (χ4v) is 4.76. The molecular formula is C22H17N3OS. The van der Waals surface area contributed by atoms with Crippen LogP contribution < -0.4 is 0 Å². The van der Waals surface area contributed by atoms with E-state index >= 15 is 0 Å². The van der Waals surface area contributed by atoms with Crippen molar-refractivity contribution in [2.45, 2.75) is 23.8 Å². The van der Waals surface area contributed by atoms with Gasteiger partial charge in [0.2, 0.25) is 0 Å². The third kappa shape index (κ3) is 2.84. The summed E-state index contributed by atoms with van der Waals surface area (Å²) in [5.41, 5.74) is 3.26. The van der Waals surface area contributed by atoms with Crippen molar-refractivity contribution in [3.8, 4) is 11.4 Å². The van der Waals surface area contributed by atoms with E-state index in [1.165, 1.54) is 21.0 Å². The lowest BCUT2D eigenvalue weighted by Crippen LogP contribution is -2.21. The number of nitrogens with zero attached hydrogens (tertiary/aromatic N) is 3. The SMILES string of the molecule is Cc1cccc(-c2nc3n(n2)C(=O)CC(c2cccc4ccccc24)S3)c1. The van der Waals surface area contributed by atoms with Gasteiger partial charge in [0, 0.05) is 17.2 Å². The van der Waals surface area contributed by atoms with E-state index in [1.807, 2.05) is 43.3 Å². The zero-order valence-corrected chi connectivity index (χ0v) is 15.6. The maximum Gasteiger partial charge on any atom is 0.250 e. The van der Waals surface area contributed by atoms with Crippen molar-refractivity contribution in [1.29, 1.82) is 0 Å². The van der Waals surface area contributed by atoms with Gasteiger partial charge in [-0.3, -0.25) is 4.79 Å². The molecule has 0 fully saturated rings. The van der Waals surface area contributed by atoms with Crippen LogP contribution in [0.3, 0.4) is 0 Å². The quantitative estimate of drug-likeness (QED) is 0.481. The largest absolute Gasteiger partial charge is 0.272 e. The van der Waals surface area contributed by atoms with Crippen molar-refractivity contribution in [2.24, 2.45) is 0 Å². The van der Waals surface area contributed by atoms with Crippen LogP contribution in [0.25, 0.3) is 22.2 Å². The number of carbonyl (C=O) groups is 1. The number of aromatic nitrogens is 3. The number of thioether (sulfide) groups is 1. The first-order valence-electron chi connectivity index (χ1n) is 8.91. The lowest BCUT2D eigenvalue weighted by atomic mass is 10.0. The summed E-state index contributed by atoms with van der Waals surface area (Å²) < 4.78 is 1.46. The molecule has 2 heterocycles. The van der Waals surface area contributed by atoms with Crippen molar-refractivity contribution in [3.05, 3.63) is 77.9 Å². The molecule has 0 saturated heterocycles. The predicted molar refractivity (Wildman–Crippen MR) is 108 cm³/mol. The van der Waals surface area contributed by atoms with E-state index in [2.05, 4.69) is 40.4 Å². The molecule has 1 aromatic heterocycles. The first kappa shape index (κ1) is 16.3. The Labute approximate surface area is 161 Å². The molecule has 4 nitrogen and oxygen atoms in total. The minimum Gasteiger partial charge on any atom is -0.272 e. The molecule has 3 aromatic carbocycles. The van der Waals surface area contributed by atoms with Gasteiger partial charge in [0.05, 0.1) is 0 Å². The molecule has 5 heteroatoms. The molecule has 0 spiro atoms. The average Bonchev–Trinajstić information content (AvgIpc) is 3.12. The Balaban J connectivity index is 1.55. The minimum atomic E-state index is -0.00640. The molecule has 132 valence electrons. The lowest BCUT2D eigenvalue weighted by molar-refractivity contribution is 0.0868.